The molecule has 1 aliphatic heterocycles. The quantitative estimate of drug-likeness (QED) is 0.296. The smallest absolute Gasteiger partial charge is 0.224 e. The maximum atomic E-state index is 12.6. The van der Waals surface area contributed by atoms with Gasteiger partial charge in [0.05, 0.1) is 13.7 Å². The summed E-state index contributed by atoms with van der Waals surface area (Å²) in [5.74, 6) is 1.83. The summed E-state index contributed by atoms with van der Waals surface area (Å²) >= 11 is 1.79. The van der Waals surface area contributed by atoms with Gasteiger partial charge in [0.1, 0.15) is 5.75 Å². The van der Waals surface area contributed by atoms with E-state index < -0.39 is 0 Å². The number of hydrogen-bond donors (Lipinski definition) is 2. The fraction of sp³-hybridized carbons (Fsp3) is 0.478. The third kappa shape index (κ3) is 7.38. The molecule has 3 rings (SSSR count). The van der Waals surface area contributed by atoms with Crippen LogP contribution in [0.15, 0.2) is 34.6 Å². The van der Waals surface area contributed by atoms with E-state index in [9.17, 15) is 4.79 Å². The molecule has 1 aromatic heterocycles. The van der Waals surface area contributed by atoms with Crippen molar-refractivity contribution in [2.45, 2.75) is 39.7 Å². The number of hydrogen-bond acceptors (Lipinski definition) is 4. The van der Waals surface area contributed by atoms with Crippen molar-refractivity contribution in [2.24, 2.45) is 4.99 Å². The Morgan fingerprint density at radius 3 is 2.90 bits per heavy atom. The average Bonchev–Trinajstić information content (AvgIpc) is 3.21. The summed E-state index contributed by atoms with van der Waals surface area (Å²) in [6.07, 6.45) is 2.24. The maximum absolute atomic E-state index is 12.6. The Labute approximate surface area is 206 Å². The lowest BCUT2D eigenvalue weighted by atomic mass is 10.1. The normalized spacial score (nSPS) is 13.3. The first-order valence-corrected chi connectivity index (χ1v) is 11.5. The number of nitrogens with one attached hydrogen (secondary N) is 2. The first kappa shape index (κ1) is 25.5. The molecule has 1 aliphatic rings. The van der Waals surface area contributed by atoms with Gasteiger partial charge in [-0.1, -0.05) is 17.7 Å². The number of guanidine groups is 1. The first-order valence-electron chi connectivity index (χ1n) is 10.6. The van der Waals surface area contributed by atoms with Gasteiger partial charge in [0.2, 0.25) is 5.91 Å². The number of thiophene rings is 1. The van der Waals surface area contributed by atoms with Crippen LogP contribution in [0.3, 0.4) is 0 Å². The summed E-state index contributed by atoms with van der Waals surface area (Å²) in [6, 6.07) is 8.35. The molecule has 2 heterocycles. The summed E-state index contributed by atoms with van der Waals surface area (Å²) < 4.78 is 5.46. The zero-order valence-electron chi connectivity index (χ0n) is 18.6. The van der Waals surface area contributed by atoms with Crippen molar-refractivity contribution in [1.29, 1.82) is 0 Å². The van der Waals surface area contributed by atoms with Crippen molar-refractivity contribution in [3.63, 3.8) is 0 Å². The Bertz CT molecular complexity index is 884. The summed E-state index contributed by atoms with van der Waals surface area (Å²) in [5.41, 5.74) is 3.69. The second kappa shape index (κ2) is 12.9. The molecule has 0 atom stereocenters. The monoisotopic (exact) mass is 556 g/mol. The van der Waals surface area contributed by atoms with Crippen LogP contribution < -0.4 is 15.4 Å². The number of nitrogens with zero attached hydrogens (tertiary/aromatic N) is 2. The molecular weight excluding hydrogens is 523 g/mol. The molecule has 0 fully saturated rings. The molecule has 31 heavy (non-hydrogen) atoms. The van der Waals surface area contributed by atoms with Gasteiger partial charge in [0.15, 0.2) is 5.96 Å². The van der Waals surface area contributed by atoms with Gasteiger partial charge in [0.25, 0.3) is 0 Å². The minimum atomic E-state index is 0. The summed E-state index contributed by atoms with van der Waals surface area (Å²) in [5, 5.41) is 8.73. The van der Waals surface area contributed by atoms with Gasteiger partial charge in [0, 0.05) is 37.5 Å². The summed E-state index contributed by atoms with van der Waals surface area (Å²) in [4.78, 5) is 20.5. The highest BCUT2D eigenvalue weighted by atomic mass is 127. The second-order valence-electron chi connectivity index (χ2n) is 7.44. The lowest BCUT2D eigenvalue weighted by Gasteiger charge is -2.26. The Morgan fingerprint density at radius 2 is 2.13 bits per heavy atom. The van der Waals surface area contributed by atoms with E-state index in [1.807, 2.05) is 17.9 Å². The highest BCUT2D eigenvalue weighted by Gasteiger charge is 2.20. The van der Waals surface area contributed by atoms with Gasteiger partial charge < -0.3 is 20.3 Å². The van der Waals surface area contributed by atoms with Crippen molar-refractivity contribution in [2.75, 3.05) is 33.3 Å². The molecule has 2 aromatic rings. The minimum Gasteiger partial charge on any atom is -0.496 e. The van der Waals surface area contributed by atoms with Crippen LogP contribution in [-0.4, -0.2) is 50.1 Å². The lowest BCUT2D eigenvalue weighted by molar-refractivity contribution is -0.131. The average molecular weight is 557 g/mol. The van der Waals surface area contributed by atoms with Crippen LogP contribution in [0.5, 0.6) is 5.75 Å². The standard InChI is InChI=1S/C23H32N4O2S.HI/c1-4-24-23(25-11-7-18-15-17(2)5-6-20(18)29-3)26-12-8-22(28)27-13-9-21-19(16-27)10-14-30-21;/h5-6,10,14-15H,4,7-9,11-13,16H2,1-3H3,(H2,24,25,26);1H. The molecule has 0 bridgehead atoms. The van der Waals surface area contributed by atoms with Gasteiger partial charge >= 0.3 is 0 Å². The fourth-order valence-corrected chi connectivity index (χ4v) is 4.53. The zero-order chi connectivity index (χ0) is 21.3. The molecule has 170 valence electrons. The maximum Gasteiger partial charge on any atom is 0.224 e. The van der Waals surface area contributed by atoms with E-state index in [0.29, 0.717) is 13.0 Å². The molecule has 0 aliphatic carbocycles. The van der Waals surface area contributed by atoms with Crippen LogP contribution in [0.25, 0.3) is 0 Å². The number of aliphatic imine (C=N–C) groups is 1. The van der Waals surface area contributed by atoms with Gasteiger partial charge in [-0.2, -0.15) is 0 Å². The topological polar surface area (TPSA) is 66.0 Å². The van der Waals surface area contributed by atoms with E-state index in [0.717, 1.165) is 50.7 Å². The zero-order valence-corrected chi connectivity index (χ0v) is 21.7. The van der Waals surface area contributed by atoms with Crippen molar-refractivity contribution in [3.8, 4) is 5.75 Å². The number of fused-ring (bicyclic) bond motifs is 1. The predicted molar refractivity (Wildman–Crippen MR) is 139 cm³/mol. The first-order chi connectivity index (χ1) is 14.6. The minimum absolute atomic E-state index is 0. The van der Waals surface area contributed by atoms with Crippen molar-refractivity contribution in [3.05, 3.63) is 51.2 Å². The molecule has 0 unspecified atom stereocenters. The van der Waals surface area contributed by atoms with Gasteiger partial charge in [-0.3, -0.25) is 9.79 Å². The molecule has 8 heteroatoms. The molecule has 2 N–H and O–H groups in total. The van der Waals surface area contributed by atoms with Crippen LogP contribution in [0.2, 0.25) is 0 Å². The number of rotatable bonds is 8. The van der Waals surface area contributed by atoms with E-state index in [-0.39, 0.29) is 29.9 Å². The third-order valence-corrected chi connectivity index (χ3v) is 6.25. The number of halogens is 1. The van der Waals surface area contributed by atoms with Crippen LogP contribution in [-0.2, 0) is 24.2 Å². The van der Waals surface area contributed by atoms with E-state index in [2.05, 4.69) is 46.1 Å². The van der Waals surface area contributed by atoms with Gasteiger partial charge in [-0.25, -0.2) is 0 Å². The molecular formula is C23H33IN4O2S. The van der Waals surface area contributed by atoms with Crippen LogP contribution in [0, 0.1) is 6.92 Å². The Balaban J connectivity index is 0.00000341. The van der Waals surface area contributed by atoms with E-state index in [1.54, 1.807) is 18.4 Å². The highest BCUT2D eigenvalue weighted by molar-refractivity contribution is 14.0. The molecule has 6 nitrogen and oxygen atoms in total. The number of carbonyl (C=O) groups is 1. The molecule has 0 spiro atoms. The van der Waals surface area contributed by atoms with Gasteiger partial charge in [-0.15, -0.1) is 35.3 Å². The van der Waals surface area contributed by atoms with E-state index >= 15 is 0 Å². The summed E-state index contributed by atoms with van der Waals surface area (Å²) in [6.45, 7) is 7.67. The molecule has 0 saturated heterocycles. The van der Waals surface area contributed by atoms with E-state index in [1.165, 1.54) is 21.6 Å². The number of ether oxygens (including phenoxy) is 1. The van der Waals surface area contributed by atoms with E-state index in [4.69, 9.17) is 4.74 Å². The molecule has 0 saturated carbocycles. The lowest BCUT2D eigenvalue weighted by Crippen LogP contribution is -2.39. The predicted octanol–water partition coefficient (Wildman–Crippen LogP) is 3.76. The SMILES string of the molecule is CCNC(=NCCC(=O)N1CCc2sccc2C1)NCCc1cc(C)ccc1OC.I. The second-order valence-corrected chi connectivity index (χ2v) is 8.44. The molecule has 1 amide bonds. The Morgan fingerprint density at radius 1 is 1.29 bits per heavy atom. The van der Waals surface area contributed by atoms with Crippen LogP contribution >= 0.6 is 35.3 Å². The fourth-order valence-electron chi connectivity index (χ4n) is 3.64. The molecule has 0 radical (unpaired) electrons. The molecule has 1 aromatic carbocycles. The van der Waals surface area contributed by atoms with Crippen molar-refractivity contribution in [1.82, 2.24) is 15.5 Å². The largest absolute Gasteiger partial charge is 0.496 e. The Kier molecular flexibility index (Phi) is 10.6. The highest BCUT2D eigenvalue weighted by Crippen LogP contribution is 2.24. The number of benzene rings is 1. The number of amides is 1. The summed E-state index contributed by atoms with van der Waals surface area (Å²) in [7, 11) is 1.70. The third-order valence-electron chi connectivity index (χ3n) is 5.22. The number of methoxy groups -OCH3 is 1. The van der Waals surface area contributed by atoms with Crippen molar-refractivity contribution < 1.29 is 9.53 Å². The van der Waals surface area contributed by atoms with Gasteiger partial charge in [-0.05, 0) is 55.3 Å². The number of carbonyl (C=O) groups excluding carboxylic acids is 1. The van der Waals surface area contributed by atoms with Crippen molar-refractivity contribution >= 4 is 47.2 Å². The Hall–Kier alpha value is -1.81. The van der Waals surface area contributed by atoms with Crippen LogP contribution in [0.1, 0.15) is 34.9 Å². The number of aryl methyl sites for hydroxylation is 1. The van der Waals surface area contributed by atoms with Crippen LogP contribution in [0.4, 0.5) is 0 Å².